The topological polar surface area (TPSA) is 134 Å². The van der Waals surface area contributed by atoms with E-state index in [2.05, 4.69) is 15.3 Å². The van der Waals surface area contributed by atoms with Crippen molar-refractivity contribution in [1.82, 2.24) is 15.3 Å². The molecule has 1 unspecified atom stereocenters. The molecule has 3 aromatic heterocycles. The van der Waals surface area contributed by atoms with Crippen LogP contribution in [0.3, 0.4) is 0 Å². The fraction of sp³-hybridized carbons (Fsp3) is 0.409. The molecule has 35 heavy (non-hydrogen) atoms. The maximum absolute atomic E-state index is 12.8. The number of carboxylic acids is 1. The first-order valence-corrected chi connectivity index (χ1v) is 11.7. The van der Waals surface area contributed by atoms with Crippen LogP contribution < -0.4 is 20.7 Å². The van der Waals surface area contributed by atoms with Crippen molar-refractivity contribution in [3.63, 3.8) is 0 Å². The summed E-state index contributed by atoms with van der Waals surface area (Å²) in [6, 6.07) is 6.84. The van der Waals surface area contributed by atoms with Gasteiger partial charge in [0.25, 0.3) is 0 Å². The van der Waals surface area contributed by atoms with Crippen LogP contribution in [0.15, 0.2) is 30.5 Å². The number of aliphatic hydroxyl groups is 1. The third kappa shape index (κ3) is 5.92. The number of hydrogen-bond acceptors (Lipinski definition) is 9. The average Bonchev–Trinajstić information content (AvgIpc) is 3.18. The maximum atomic E-state index is 12.8. The van der Waals surface area contributed by atoms with E-state index in [1.54, 1.807) is 24.4 Å². The zero-order valence-electron chi connectivity index (χ0n) is 18.5. The number of carbonyl (C=O) groups is 1. The van der Waals surface area contributed by atoms with Crippen LogP contribution in [0.4, 0.5) is 24.7 Å². The monoisotopic (exact) mass is 511 g/mol. The number of fused-ring (bicyclic) bond motifs is 1. The van der Waals surface area contributed by atoms with E-state index in [9.17, 15) is 28.2 Å². The largest absolute Gasteiger partial charge is 0.483 e. The molecule has 0 saturated carbocycles. The Morgan fingerprint density at radius 2 is 2.09 bits per heavy atom. The first-order chi connectivity index (χ1) is 16.6. The summed E-state index contributed by atoms with van der Waals surface area (Å²) in [6.45, 7) is -0.0793. The van der Waals surface area contributed by atoms with Gasteiger partial charge >= 0.3 is 12.1 Å². The number of carboxylic acid groups (broad SMARTS) is 1. The van der Waals surface area contributed by atoms with Gasteiger partial charge in [0, 0.05) is 37.9 Å². The number of anilines is 2. The predicted molar refractivity (Wildman–Crippen MR) is 125 cm³/mol. The Kier molecular flexibility index (Phi) is 7.28. The van der Waals surface area contributed by atoms with Gasteiger partial charge in [-0.25, -0.2) is 9.78 Å². The van der Waals surface area contributed by atoms with E-state index < -0.39 is 24.9 Å². The van der Waals surface area contributed by atoms with Crippen molar-refractivity contribution in [2.45, 2.75) is 31.2 Å². The Bertz CT molecular complexity index is 1180. The van der Waals surface area contributed by atoms with Crippen molar-refractivity contribution in [1.29, 1.82) is 0 Å². The maximum Gasteiger partial charge on any atom is 0.422 e. The second-order valence-electron chi connectivity index (χ2n) is 8.15. The molecule has 1 aliphatic heterocycles. The van der Waals surface area contributed by atoms with E-state index in [1.807, 2.05) is 4.90 Å². The van der Waals surface area contributed by atoms with Gasteiger partial charge in [0.2, 0.25) is 0 Å². The normalized spacial score (nSPS) is 15.9. The molecule has 0 spiro atoms. The van der Waals surface area contributed by atoms with Crippen LogP contribution in [0.2, 0.25) is 0 Å². The molecule has 1 atom stereocenters. The molecule has 1 saturated heterocycles. The van der Waals surface area contributed by atoms with E-state index in [-0.39, 0.29) is 32.6 Å². The van der Waals surface area contributed by atoms with E-state index >= 15 is 0 Å². The smallest absolute Gasteiger partial charge is 0.422 e. The fourth-order valence-electron chi connectivity index (χ4n) is 3.94. The number of aromatic carboxylic acids is 1. The minimum atomic E-state index is -4.57. The molecule has 1 fully saturated rings. The summed E-state index contributed by atoms with van der Waals surface area (Å²) in [4.78, 5) is 22.0. The fourth-order valence-corrected chi connectivity index (χ4v) is 4.88. The molecule has 9 nitrogen and oxygen atoms in total. The number of ether oxygens (including phenoxy) is 1. The number of aliphatic hydroxyl groups excluding tert-OH is 1. The van der Waals surface area contributed by atoms with Crippen molar-refractivity contribution in [2.24, 2.45) is 0 Å². The molecule has 0 amide bonds. The standard InChI is InChI=1S/C22H24F3N5O4S/c23-22(24,25)11-34-15-9-16(29-20-17(15)18(26)19(35-20)21(32)33)30-7-4-12(5-8-30)28-10-14(31)13-3-1-2-6-27-13/h1-3,6,9,12,14,28,31H,4-5,7-8,10-11,26H2,(H,32,33). The van der Waals surface area contributed by atoms with E-state index in [1.165, 1.54) is 6.07 Å². The molecule has 3 aromatic rings. The highest BCUT2D eigenvalue weighted by atomic mass is 32.1. The number of nitrogens with two attached hydrogens (primary N) is 1. The Morgan fingerprint density at radius 1 is 1.34 bits per heavy atom. The number of rotatable bonds is 8. The summed E-state index contributed by atoms with van der Waals surface area (Å²) in [5.41, 5.74) is 6.33. The van der Waals surface area contributed by atoms with Gasteiger partial charge in [-0.15, -0.1) is 11.3 Å². The van der Waals surface area contributed by atoms with Crippen LogP contribution in [0.1, 0.15) is 34.3 Å². The Labute approximate surface area is 202 Å². The van der Waals surface area contributed by atoms with Crippen LogP contribution in [-0.4, -0.2) is 64.6 Å². The van der Waals surface area contributed by atoms with Gasteiger partial charge in [0.05, 0.1) is 16.8 Å². The second kappa shape index (κ2) is 10.2. The minimum absolute atomic E-state index is 0.0699. The van der Waals surface area contributed by atoms with Crippen LogP contribution in [0.5, 0.6) is 5.75 Å². The Hall–Kier alpha value is -3.16. The van der Waals surface area contributed by atoms with Crippen molar-refractivity contribution in [2.75, 3.05) is 36.9 Å². The number of nitrogens with zero attached hydrogens (tertiary/aromatic N) is 3. The Balaban J connectivity index is 1.47. The van der Waals surface area contributed by atoms with Gasteiger partial charge < -0.3 is 30.9 Å². The molecule has 188 valence electrons. The van der Waals surface area contributed by atoms with Crippen molar-refractivity contribution >= 4 is 39.0 Å². The molecular formula is C22H24F3N5O4S. The zero-order chi connectivity index (χ0) is 25.2. The lowest BCUT2D eigenvalue weighted by atomic mass is 10.0. The van der Waals surface area contributed by atoms with Crippen LogP contribution >= 0.6 is 11.3 Å². The minimum Gasteiger partial charge on any atom is -0.483 e. The number of piperidine rings is 1. The zero-order valence-corrected chi connectivity index (χ0v) is 19.3. The first-order valence-electron chi connectivity index (χ1n) is 10.9. The van der Waals surface area contributed by atoms with Gasteiger partial charge in [-0.1, -0.05) is 6.07 Å². The Morgan fingerprint density at radius 3 is 2.71 bits per heavy atom. The van der Waals surface area contributed by atoms with Gasteiger partial charge in [0.15, 0.2) is 6.61 Å². The summed E-state index contributed by atoms with van der Waals surface area (Å²) in [6.07, 6.45) is -2.27. The molecular weight excluding hydrogens is 487 g/mol. The molecule has 4 rings (SSSR count). The summed E-state index contributed by atoms with van der Waals surface area (Å²) < 4.78 is 43.4. The third-order valence-electron chi connectivity index (χ3n) is 5.68. The highest BCUT2D eigenvalue weighted by Crippen LogP contribution is 2.41. The van der Waals surface area contributed by atoms with Gasteiger partial charge in [0.1, 0.15) is 27.4 Å². The van der Waals surface area contributed by atoms with Crippen molar-refractivity contribution in [3.8, 4) is 5.75 Å². The summed E-state index contributed by atoms with van der Waals surface area (Å²) in [5.74, 6) is -1.05. The number of hydrogen-bond donors (Lipinski definition) is 4. The van der Waals surface area contributed by atoms with Gasteiger partial charge in [-0.2, -0.15) is 13.2 Å². The number of nitrogens with one attached hydrogen (secondary N) is 1. The summed E-state index contributed by atoms with van der Waals surface area (Å²) in [7, 11) is 0. The quantitative estimate of drug-likeness (QED) is 0.360. The van der Waals surface area contributed by atoms with Gasteiger partial charge in [-0.3, -0.25) is 4.98 Å². The molecule has 5 N–H and O–H groups in total. The van der Waals surface area contributed by atoms with E-state index in [4.69, 9.17) is 10.5 Å². The van der Waals surface area contributed by atoms with Crippen molar-refractivity contribution in [3.05, 3.63) is 41.0 Å². The molecule has 0 aliphatic carbocycles. The number of nitrogen functional groups attached to an aromatic ring is 1. The SMILES string of the molecule is Nc1c(C(=O)O)sc2nc(N3CCC(NCC(O)c4ccccn4)CC3)cc(OCC(F)(F)F)c12. The number of thiophene rings is 1. The van der Waals surface area contributed by atoms with Crippen LogP contribution in [0, 0.1) is 0 Å². The predicted octanol–water partition coefficient (Wildman–Crippen LogP) is 3.20. The molecule has 0 radical (unpaired) electrons. The lowest BCUT2D eigenvalue weighted by Gasteiger charge is -2.33. The second-order valence-corrected chi connectivity index (χ2v) is 9.15. The van der Waals surface area contributed by atoms with E-state index in [0.29, 0.717) is 44.0 Å². The first kappa shape index (κ1) is 24.9. The third-order valence-corrected chi connectivity index (χ3v) is 6.77. The molecule has 1 aliphatic rings. The molecule has 0 bridgehead atoms. The van der Waals surface area contributed by atoms with Gasteiger partial charge in [-0.05, 0) is 25.0 Å². The lowest BCUT2D eigenvalue weighted by Crippen LogP contribution is -2.44. The van der Waals surface area contributed by atoms with E-state index in [0.717, 1.165) is 11.3 Å². The highest BCUT2D eigenvalue weighted by Gasteiger charge is 2.30. The molecule has 0 aromatic carbocycles. The highest BCUT2D eigenvalue weighted by molar-refractivity contribution is 7.21. The van der Waals surface area contributed by atoms with Crippen molar-refractivity contribution < 1.29 is 32.9 Å². The number of aromatic nitrogens is 2. The van der Waals surface area contributed by atoms with Crippen LogP contribution in [0.25, 0.3) is 10.2 Å². The lowest BCUT2D eigenvalue weighted by molar-refractivity contribution is -0.153. The average molecular weight is 512 g/mol. The number of pyridine rings is 2. The number of halogens is 3. The summed E-state index contributed by atoms with van der Waals surface area (Å²) >= 11 is 0.798. The molecule has 13 heteroatoms. The summed E-state index contributed by atoms with van der Waals surface area (Å²) in [5, 5.41) is 23.1. The number of alkyl halides is 3. The molecule has 4 heterocycles. The van der Waals surface area contributed by atoms with Crippen LogP contribution in [-0.2, 0) is 0 Å².